The molecule has 1 amide bonds. The Labute approximate surface area is 155 Å². The molecule has 26 heavy (non-hydrogen) atoms. The molecule has 2 aliphatic rings. The third kappa shape index (κ3) is 3.54. The molecule has 1 atom stereocenters. The zero-order chi connectivity index (χ0) is 18.0. The number of hydrogen-bond donors (Lipinski definition) is 0. The summed E-state index contributed by atoms with van der Waals surface area (Å²) >= 11 is 0. The van der Waals surface area contributed by atoms with E-state index in [0.29, 0.717) is 18.9 Å². The molecular weight excluding hydrogens is 326 g/mol. The van der Waals surface area contributed by atoms with Gasteiger partial charge in [-0.05, 0) is 69.0 Å². The molecule has 2 fully saturated rings. The first-order valence-electron chi connectivity index (χ1n) is 9.62. The molecule has 2 saturated heterocycles. The second kappa shape index (κ2) is 7.23. The van der Waals surface area contributed by atoms with E-state index in [4.69, 9.17) is 4.42 Å². The summed E-state index contributed by atoms with van der Waals surface area (Å²) in [5.41, 5.74) is 1.19. The van der Waals surface area contributed by atoms with Gasteiger partial charge in [-0.1, -0.05) is 0 Å². The largest absolute Gasteiger partial charge is 0.465 e. The van der Waals surface area contributed by atoms with Crippen molar-refractivity contribution in [1.29, 1.82) is 0 Å². The van der Waals surface area contributed by atoms with Crippen molar-refractivity contribution < 1.29 is 9.21 Å². The van der Waals surface area contributed by atoms with Crippen LogP contribution in [0.3, 0.4) is 0 Å². The van der Waals surface area contributed by atoms with Crippen LogP contribution in [0.4, 0.5) is 0 Å². The molecule has 1 spiro atoms. The molecule has 2 aromatic rings. The molecule has 138 valence electrons. The molecule has 5 nitrogen and oxygen atoms in total. The van der Waals surface area contributed by atoms with Crippen molar-refractivity contribution in [3.8, 4) is 0 Å². The highest BCUT2D eigenvalue weighted by molar-refractivity contribution is 5.79. The van der Waals surface area contributed by atoms with Gasteiger partial charge in [-0.2, -0.15) is 0 Å². The molecule has 0 aromatic carbocycles. The highest BCUT2D eigenvalue weighted by Crippen LogP contribution is 2.40. The van der Waals surface area contributed by atoms with Gasteiger partial charge >= 0.3 is 0 Å². The maximum absolute atomic E-state index is 12.6. The van der Waals surface area contributed by atoms with E-state index < -0.39 is 0 Å². The summed E-state index contributed by atoms with van der Waals surface area (Å²) in [6, 6.07) is 8.13. The zero-order valence-corrected chi connectivity index (χ0v) is 15.5. The summed E-state index contributed by atoms with van der Waals surface area (Å²) in [6.45, 7) is 5.64. The Balaban J connectivity index is 1.46. The topological polar surface area (TPSA) is 49.6 Å². The predicted molar refractivity (Wildman–Crippen MR) is 99.3 cm³/mol. The normalized spacial score (nSPS) is 24.3. The average molecular weight is 353 g/mol. The van der Waals surface area contributed by atoms with Crippen LogP contribution in [0.25, 0.3) is 0 Å². The molecule has 0 bridgehead atoms. The van der Waals surface area contributed by atoms with Gasteiger partial charge in [-0.15, -0.1) is 0 Å². The van der Waals surface area contributed by atoms with Gasteiger partial charge in [0, 0.05) is 37.4 Å². The Morgan fingerprint density at radius 2 is 1.92 bits per heavy atom. The average Bonchev–Trinajstić information content (AvgIpc) is 3.10. The van der Waals surface area contributed by atoms with Gasteiger partial charge in [-0.25, -0.2) is 0 Å². The van der Waals surface area contributed by atoms with Crippen LogP contribution in [0.1, 0.15) is 49.2 Å². The molecule has 0 saturated carbocycles. The van der Waals surface area contributed by atoms with Crippen LogP contribution < -0.4 is 0 Å². The number of aromatic nitrogens is 1. The van der Waals surface area contributed by atoms with Gasteiger partial charge in [0.2, 0.25) is 5.91 Å². The lowest BCUT2D eigenvalue weighted by atomic mass is 9.87. The number of hydrogen-bond acceptors (Lipinski definition) is 4. The van der Waals surface area contributed by atoms with E-state index in [9.17, 15) is 4.79 Å². The second-order valence-electron chi connectivity index (χ2n) is 7.70. The Morgan fingerprint density at radius 3 is 2.69 bits per heavy atom. The zero-order valence-electron chi connectivity index (χ0n) is 15.5. The van der Waals surface area contributed by atoms with Crippen LogP contribution in [0.5, 0.6) is 0 Å². The van der Waals surface area contributed by atoms with E-state index >= 15 is 0 Å². The highest BCUT2D eigenvalue weighted by Gasteiger charge is 2.45. The van der Waals surface area contributed by atoms with Gasteiger partial charge in [0.15, 0.2) is 0 Å². The fourth-order valence-corrected chi connectivity index (χ4v) is 4.50. The maximum Gasteiger partial charge on any atom is 0.223 e. The number of furan rings is 1. The lowest BCUT2D eigenvalue weighted by Gasteiger charge is -2.38. The Kier molecular flexibility index (Phi) is 4.81. The van der Waals surface area contributed by atoms with E-state index in [1.165, 1.54) is 5.56 Å². The van der Waals surface area contributed by atoms with E-state index in [2.05, 4.69) is 20.9 Å². The minimum atomic E-state index is 0.0220. The monoisotopic (exact) mass is 353 g/mol. The van der Waals surface area contributed by atoms with Crippen LogP contribution in [-0.2, 0) is 17.9 Å². The third-order valence-electron chi connectivity index (χ3n) is 5.95. The van der Waals surface area contributed by atoms with Crippen LogP contribution in [0.2, 0.25) is 0 Å². The first-order valence-corrected chi connectivity index (χ1v) is 9.62. The van der Waals surface area contributed by atoms with Crippen molar-refractivity contribution in [1.82, 2.24) is 14.8 Å². The summed E-state index contributed by atoms with van der Waals surface area (Å²) in [7, 11) is 0. The SMILES string of the molecule is Cc1ccc(CN2CCC[C@]3(CCC(=O)N3Cc3ccncc3)CC2)o1. The summed E-state index contributed by atoms with van der Waals surface area (Å²) in [6.07, 6.45) is 8.55. The Morgan fingerprint density at radius 1 is 1.08 bits per heavy atom. The fraction of sp³-hybridized carbons (Fsp3) is 0.524. The van der Waals surface area contributed by atoms with Crippen molar-refractivity contribution in [2.75, 3.05) is 13.1 Å². The van der Waals surface area contributed by atoms with Crippen LogP contribution in [0.15, 0.2) is 41.1 Å². The predicted octanol–water partition coefficient (Wildman–Crippen LogP) is 3.53. The van der Waals surface area contributed by atoms with Gasteiger partial charge in [0.1, 0.15) is 11.5 Å². The Bertz CT molecular complexity index is 758. The molecule has 0 aliphatic carbocycles. The standard InChI is InChI=1S/C21H27N3O2/c1-17-3-4-19(26-17)16-23-13-2-8-21(10-14-23)9-5-20(25)24(21)15-18-6-11-22-12-7-18/h3-4,6-7,11-12H,2,5,8-10,13-16H2,1H3/t21-/m0/s1. The summed E-state index contributed by atoms with van der Waals surface area (Å²) < 4.78 is 5.75. The lowest BCUT2D eigenvalue weighted by molar-refractivity contribution is -0.132. The minimum Gasteiger partial charge on any atom is -0.465 e. The van der Waals surface area contributed by atoms with Crippen LogP contribution in [-0.4, -0.2) is 39.3 Å². The maximum atomic E-state index is 12.6. The lowest BCUT2D eigenvalue weighted by Crippen LogP contribution is -2.45. The second-order valence-corrected chi connectivity index (χ2v) is 7.70. The molecular formula is C21H27N3O2. The van der Waals surface area contributed by atoms with E-state index in [1.54, 1.807) is 0 Å². The number of carbonyl (C=O) groups is 1. The van der Waals surface area contributed by atoms with Crippen molar-refractivity contribution in [3.05, 3.63) is 53.7 Å². The molecule has 4 heterocycles. The number of carbonyl (C=O) groups excluding carboxylic acids is 1. The summed E-state index contributed by atoms with van der Waals surface area (Å²) in [5.74, 6) is 2.31. The summed E-state index contributed by atoms with van der Waals surface area (Å²) in [4.78, 5) is 21.3. The molecule has 0 N–H and O–H groups in total. The Hall–Kier alpha value is -2.14. The van der Waals surface area contributed by atoms with Crippen LogP contribution in [0, 0.1) is 6.92 Å². The number of aryl methyl sites for hydroxylation is 1. The van der Waals surface area contributed by atoms with E-state index in [0.717, 1.165) is 56.8 Å². The minimum absolute atomic E-state index is 0.0220. The first-order chi connectivity index (χ1) is 12.6. The molecule has 2 aromatic heterocycles. The van der Waals surface area contributed by atoms with Crippen molar-refractivity contribution in [2.45, 2.75) is 57.7 Å². The molecule has 5 heteroatoms. The number of nitrogens with zero attached hydrogens (tertiary/aromatic N) is 3. The quantitative estimate of drug-likeness (QED) is 0.844. The van der Waals surface area contributed by atoms with Crippen molar-refractivity contribution >= 4 is 5.91 Å². The van der Waals surface area contributed by atoms with Crippen molar-refractivity contribution in [2.24, 2.45) is 0 Å². The van der Waals surface area contributed by atoms with E-state index in [-0.39, 0.29) is 5.54 Å². The number of rotatable bonds is 4. The highest BCUT2D eigenvalue weighted by atomic mass is 16.3. The smallest absolute Gasteiger partial charge is 0.223 e. The van der Waals surface area contributed by atoms with Gasteiger partial charge in [-0.3, -0.25) is 14.7 Å². The number of likely N-dealkylation sites (tertiary alicyclic amines) is 2. The van der Waals surface area contributed by atoms with Gasteiger partial charge in [0.25, 0.3) is 0 Å². The first kappa shape index (κ1) is 17.3. The third-order valence-corrected chi connectivity index (χ3v) is 5.95. The number of amides is 1. The van der Waals surface area contributed by atoms with E-state index in [1.807, 2.05) is 37.5 Å². The summed E-state index contributed by atoms with van der Waals surface area (Å²) in [5, 5.41) is 0. The molecule has 4 rings (SSSR count). The molecule has 0 unspecified atom stereocenters. The van der Waals surface area contributed by atoms with Gasteiger partial charge in [0.05, 0.1) is 6.54 Å². The van der Waals surface area contributed by atoms with Crippen LogP contribution >= 0.6 is 0 Å². The molecule has 0 radical (unpaired) electrons. The van der Waals surface area contributed by atoms with Crippen molar-refractivity contribution in [3.63, 3.8) is 0 Å². The number of pyridine rings is 1. The molecule has 2 aliphatic heterocycles. The van der Waals surface area contributed by atoms with Gasteiger partial charge < -0.3 is 9.32 Å². The fourth-order valence-electron chi connectivity index (χ4n) is 4.50.